The number of ketones is 1. The van der Waals surface area contributed by atoms with Gasteiger partial charge in [-0.1, -0.05) is 18.2 Å². The number of aromatic nitrogens is 2. The van der Waals surface area contributed by atoms with E-state index in [1.165, 1.54) is 10.5 Å². The van der Waals surface area contributed by atoms with Gasteiger partial charge in [0.25, 0.3) is 5.56 Å². The summed E-state index contributed by atoms with van der Waals surface area (Å²) in [6.45, 7) is -0.101. The normalized spacial score (nSPS) is 10.7. The van der Waals surface area contributed by atoms with Gasteiger partial charge in [-0.05, 0) is 30.5 Å². The van der Waals surface area contributed by atoms with Gasteiger partial charge < -0.3 is 4.74 Å². The van der Waals surface area contributed by atoms with E-state index in [-0.39, 0.29) is 30.8 Å². The first kappa shape index (κ1) is 18.8. The van der Waals surface area contributed by atoms with E-state index >= 15 is 0 Å². The summed E-state index contributed by atoms with van der Waals surface area (Å²) in [5.41, 5.74) is 1.19. The third-order valence-corrected chi connectivity index (χ3v) is 4.72. The number of ether oxygens (including phenoxy) is 1. The molecule has 0 aliphatic carbocycles. The number of benzene rings is 1. The topological polar surface area (TPSA) is 77.7 Å². The van der Waals surface area contributed by atoms with Gasteiger partial charge in [-0.3, -0.25) is 18.8 Å². The van der Waals surface area contributed by atoms with E-state index in [0.717, 1.165) is 4.90 Å². The second-order valence-electron chi connectivity index (χ2n) is 5.83. The highest BCUT2D eigenvalue weighted by molar-refractivity contribution is 7.98. The van der Waals surface area contributed by atoms with E-state index in [4.69, 9.17) is 4.74 Å². The molecule has 0 unspecified atom stereocenters. The molecule has 0 bridgehead atoms. The van der Waals surface area contributed by atoms with Gasteiger partial charge in [-0.2, -0.15) is 0 Å². The third-order valence-electron chi connectivity index (χ3n) is 3.97. The summed E-state index contributed by atoms with van der Waals surface area (Å²) in [6, 6.07) is 13.8. The van der Waals surface area contributed by atoms with Crippen LogP contribution < -0.4 is 5.56 Å². The second kappa shape index (κ2) is 8.64. The molecule has 0 saturated heterocycles. The molecule has 2 aromatic heterocycles. The molecule has 27 heavy (non-hydrogen) atoms. The molecule has 3 rings (SSSR count). The van der Waals surface area contributed by atoms with Crippen molar-refractivity contribution in [2.24, 2.45) is 0 Å². The first-order valence-electron chi connectivity index (χ1n) is 8.37. The highest BCUT2D eigenvalue weighted by Crippen LogP contribution is 2.16. The smallest absolute Gasteiger partial charge is 0.306 e. The zero-order valence-electron chi connectivity index (χ0n) is 14.8. The first-order chi connectivity index (χ1) is 13.1. The van der Waals surface area contributed by atoms with Crippen LogP contribution in [-0.4, -0.2) is 27.4 Å². The zero-order chi connectivity index (χ0) is 19.2. The van der Waals surface area contributed by atoms with Gasteiger partial charge in [0.05, 0.1) is 12.1 Å². The Labute approximate surface area is 160 Å². The summed E-state index contributed by atoms with van der Waals surface area (Å²) in [4.78, 5) is 41.4. The molecule has 0 spiro atoms. The lowest BCUT2D eigenvalue weighted by atomic mass is 10.1. The minimum Gasteiger partial charge on any atom is -0.459 e. The fraction of sp³-hybridized carbons (Fsp3) is 0.200. The van der Waals surface area contributed by atoms with Gasteiger partial charge >= 0.3 is 5.97 Å². The minimum absolute atomic E-state index is 0.0182. The number of rotatable bonds is 7. The molecule has 138 valence electrons. The molecular weight excluding hydrogens is 364 g/mol. The van der Waals surface area contributed by atoms with E-state index in [1.807, 2.05) is 18.4 Å². The molecule has 2 heterocycles. The van der Waals surface area contributed by atoms with Crippen LogP contribution in [-0.2, 0) is 16.1 Å². The van der Waals surface area contributed by atoms with Crippen LogP contribution in [0.3, 0.4) is 0 Å². The van der Waals surface area contributed by atoms with E-state index in [2.05, 4.69) is 4.98 Å². The summed E-state index contributed by atoms with van der Waals surface area (Å²) >= 11 is 1.60. The van der Waals surface area contributed by atoms with Gasteiger partial charge in [0.2, 0.25) is 0 Å². The van der Waals surface area contributed by atoms with E-state index in [9.17, 15) is 14.4 Å². The molecule has 0 N–H and O–H groups in total. The predicted octanol–water partition coefficient (Wildman–Crippen LogP) is 3.12. The van der Waals surface area contributed by atoms with Crippen molar-refractivity contribution in [2.75, 3.05) is 6.26 Å². The van der Waals surface area contributed by atoms with Crippen molar-refractivity contribution in [1.29, 1.82) is 0 Å². The van der Waals surface area contributed by atoms with Crippen molar-refractivity contribution >= 4 is 29.2 Å². The maximum absolute atomic E-state index is 12.1. The number of esters is 1. The van der Waals surface area contributed by atoms with E-state index < -0.39 is 5.97 Å². The highest BCUT2D eigenvalue weighted by Gasteiger charge is 2.11. The molecule has 0 atom stereocenters. The van der Waals surface area contributed by atoms with Crippen LogP contribution in [0.15, 0.2) is 64.4 Å². The van der Waals surface area contributed by atoms with Crippen LogP contribution in [0.4, 0.5) is 0 Å². The van der Waals surface area contributed by atoms with Gasteiger partial charge in [-0.15, -0.1) is 11.8 Å². The Morgan fingerprint density at radius 2 is 1.89 bits per heavy atom. The average Bonchev–Trinajstić information content (AvgIpc) is 2.70. The van der Waals surface area contributed by atoms with Gasteiger partial charge in [0.15, 0.2) is 5.78 Å². The summed E-state index contributed by atoms with van der Waals surface area (Å²) in [7, 11) is 0. The Kier molecular flexibility index (Phi) is 6.03. The standard InChI is InChI=1S/C20H18N2O4S/c1-27-16-7-5-14(6-8-16)17(23)9-10-20(25)26-13-15-12-19(24)22-11-3-2-4-18(22)21-15/h2-8,11-12H,9-10,13H2,1H3. The molecule has 0 amide bonds. The maximum Gasteiger partial charge on any atom is 0.306 e. The van der Waals surface area contributed by atoms with Gasteiger partial charge in [0, 0.05) is 29.1 Å². The fourth-order valence-corrected chi connectivity index (χ4v) is 2.95. The molecule has 0 radical (unpaired) electrons. The van der Waals surface area contributed by atoms with Gasteiger partial charge in [-0.25, -0.2) is 4.98 Å². The van der Waals surface area contributed by atoms with Crippen molar-refractivity contribution in [3.63, 3.8) is 0 Å². The Hall–Kier alpha value is -2.93. The average molecular weight is 382 g/mol. The Morgan fingerprint density at radius 1 is 1.11 bits per heavy atom. The number of hydrogen-bond donors (Lipinski definition) is 0. The zero-order valence-corrected chi connectivity index (χ0v) is 15.6. The molecule has 0 aliphatic heterocycles. The lowest BCUT2D eigenvalue weighted by Crippen LogP contribution is -2.16. The molecule has 0 fully saturated rings. The lowest BCUT2D eigenvalue weighted by molar-refractivity contribution is -0.145. The van der Waals surface area contributed by atoms with Crippen LogP contribution in [0.5, 0.6) is 0 Å². The summed E-state index contributed by atoms with van der Waals surface area (Å²) in [5.74, 6) is -0.610. The van der Waals surface area contributed by atoms with Crippen LogP contribution in [0, 0.1) is 0 Å². The number of hydrogen-bond acceptors (Lipinski definition) is 6. The van der Waals surface area contributed by atoms with E-state index in [1.54, 1.807) is 48.3 Å². The third kappa shape index (κ3) is 4.83. The number of Topliss-reactive ketones (excluding diaryl/α,β-unsaturated/α-hetero) is 1. The molecule has 0 saturated carbocycles. The van der Waals surface area contributed by atoms with Crippen molar-refractivity contribution in [3.05, 3.63) is 76.3 Å². The monoisotopic (exact) mass is 382 g/mol. The number of carbonyl (C=O) groups excluding carboxylic acids is 2. The van der Waals surface area contributed by atoms with Crippen LogP contribution in [0.25, 0.3) is 5.65 Å². The molecule has 1 aromatic carbocycles. The second-order valence-corrected chi connectivity index (χ2v) is 6.71. The summed E-state index contributed by atoms with van der Waals surface area (Å²) < 4.78 is 6.56. The van der Waals surface area contributed by atoms with Crippen LogP contribution >= 0.6 is 11.8 Å². The Bertz CT molecular complexity index is 1030. The number of carbonyl (C=O) groups is 2. The van der Waals surface area contributed by atoms with Crippen molar-refractivity contribution in [3.8, 4) is 0 Å². The van der Waals surface area contributed by atoms with Gasteiger partial charge in [0.1, 0.15) is 12.3 Å². The predicted molar refractivity (Wildman–Crippen MR) is 103 cm³/mol. The van der Waals surface area contributed by atoms with E-state index in [0.29, 0.717) is 16.9 Å². The molecule has 7 heteroatoms. The Morgan fingerprint density at radius 3 is 2.63 bits per heavy atom. The molecule has 6 nitrogen and oxygen atoms in total. The minimum atomic E-state index is -0.501. The maximum atomic E-state index is 12.1. The number of nitrogens with zero attached hydrogens (tertiary/aromatic N) is 2. The molecule has 0 aliphatic rings. The quantitative estimate of drug-likeness (QED) is 0.355. The summed E-state index contributed by atoms with van der Waals surface area (Å²) in [5, 5.41) is 0. The van der Waals surface area contributed by atoms with Crippen molar-refractivity contribution in [1.82, 2.24) is 9.38 Å². The number of fused-ring (bicyclic) bond motifs is 1. The Balaban J connectivity index is 1.53. The molecular formula is C20H18N2O4S. The lowest BCUT2D eigenvalue weighted by Gasteiger charge is -2.06. The van der Waals surface area contributed by atoms with Crippen LogP contribution in [0.1, 0.15) is 28.9 Å². The van der Waals surface area contributed by atoms with Crippen molar-refractivity contribution in [2.45, 2.75) is 24.3 Å². The van der Waals surface area contributed by atoms with Crippen LogP contribution in [0.2, 0.25) is 0 Å². The summed E-state index contributed by atoms with van der Waals surface area (Å²) in [6.07, 6.45) is 3.64. The largest absolute Gasteiger partial charge is 0.459 e. The fourth-order valence-electron chi connectivity index (χ4n) is 2.54. The van der Waals surface area contributed by atoms with Crippen molar-refractivity contribution < 1.29 is 14.3 Å². The SMILES string of the molecule is CSc1ccc(C(=O)CCC(=O)OCc2cc(=O)n3ccccc3n2)cc1. The number of thioether (sulfide) groups is 1. The number of pyridine rings is 1. The molecule has 3 aromatic rings. The highest BCUT2D eigenvalue weighted by atomic mass is 32.2. The first-order valence-corrected chi connectivity index (χ1v) is 9.59.